The van der Waals surface area contributed by atoms with Crippen molar-refractivity contribution in [2.45, 2.75) is 66.9 Å². The van der Waals surface area contributed by atoms with Gasteiger partial charge in [-0.1, -0.05) is 6.58 Å². The monoisotopic (exact) mass is 546 g/mol. The molecule has 0 radical (unpaired) electrons. The lowest BCUT2D eigenvalue weighted by molar-refractivity contribution is -0.402. The van der Waals surface area contributed by atoms with Gasteiger partial charge in [-0.15, -0.1) is 0 Å². The number of rotatable bonds is 12. The van der Waals surface area contributed by atoms with E-state index in [2.05, 4.69) is 11.3 Å². The first-order chi connectivity index (χ1) is 14.6. The Morgan fingerprint density at radius 2 is 1.00 bits per heavy atom. The highest BCUT2D eigenvalue weighted by atomic mass is 19.4. The molecule has 0 heterocycles. The van der Waals surface area contributed by atoms with Crippen LogP contribution in [0.1, 0.15) is 19.3 Å². The van der Waals surface area contributed by atoms with Gasteiger partial charge in [0.05, 0.1) is 25.9 Å². The van der Waals surface area contributed by atoms with Gasteiger partial charge in [-0.25, -0.2) is 13.6 Å². The van der Waals surface area contributed by atoms with Crippen molar-refractivity contribution in [3.05, 3.63) is 12.7 Å². The second-order valence-electron chi connectivity index (χ2n) is 6.67. The van der Waals surface area contributed by atoms with Crippen LogP contribution >= 0.6 is 0 Å². The molecule has 0 aliphatic carbocycles. The first kappa shape index (κ1) is 32.0. The fourth-order valence-corrected chi connectivity index (χ4v) is 2.11. The molecule has 0 aromatic heterocycles. The predicted molar refractivity (Wildman–Crippen MR) is 75.7 cm³/mol. The third-order valence-corrected chi connectivity index (χ3v) is 3.92. The molecular weight excluding hydrogens is 535 g/mol. The fourth-order valence-electron chi connectivity index (χ4n) is 2.11. The van der Waals surface area contributed by atoms with E-state index < -0.39 is 79.5 Å². The molecule has 2 nitrogen and oxygen atoms in total. The zero-order valence-electron chi connectivity index (χ0n) is 15.9. The molecule has 0 fully saturated rings. The normalized spacial score (nSPS) is 15.3. The van der Waals surface area contributed by atoms with E-state index in [0.29, 0.717) is 6.08 Å². The standard InChI is InChI=1S/C15H11F17O2/c1-2-7(33)34-4-3-9(18,19)12(24,25)10(20,21)5-8(16,17)6-11(22,23)13(26,27)14(28,29)15(30,31)32/h2H,1,3-6H2. The molecule has 34 heavy (non-hydrogen) atoms. The van der Waals surface area contributed by atoms with E-state index >= 15 is 0 Å². The molecule has 0 unspecified atom stereocenters. The Labute approximate surface area is 177 Å². The molecule has 0 saturated heterocycles. The Bertz CT molecular complexity index is 738. The summed E-state index contributed by atoms with van der Waals surface area (Å²) in [4.78, 5) is 10.6. The zero-order chi connectivity index (χ0) is 27.8. The van der Waals surface area contributed by atoms with Crippen LogP contribution in [0.2, 0.25) is 0 Å². The van der Waals surface area contributed by atoms with E-state index in [1.807, 2.05) is 0 Å². The molecule has 0 atom stereocenters. The molecule has 0 bridgehead atoms. The van der Waals surface area contributed by atoms with Gasteiger partial charge in [0.25, 0.3) is 5.92 Å². The van der Waals surface area contributed by atoms with Crippen molar-refractivity contribution in [2.24, 2.45) is 0 Å². The summed E-state index contributed by atoms with van der Waals surface area (Å²) in [5.41, 5.74) is 0. The van der Waals surface area contributed by atoms with Crippen molar-refractivity contribution >= 4 is 5.97 Å². The maximum atomic E-state index is 13.5. The van der Waals surface area contributed by atoms with E-state index in [1.165, 1.54) is 0 Å². The zero-order valence-corrected chi connectivity index (χ0v) is 15.9. The molecule has 0 saturated carbocycles. The van der Waals surface area contributed by atoms with E-state index in [1.54, 1.807) is 0 Å². The third-order valence-electron chi connectivity index (χ3n) is 3.92. The van der Waals surface area contributed by atoms with Crippen molar-refractivity contribution in [1.29, 1.82) is 0 Å². The fraction of sp³-hybridized carbons (Fsp3) is 0.800. The SMILES string of the molecule is C=CC(=O)OCCC(F)(F)C(F)(F)C(F)(F)CC(F)(F)CC(F)(F)C(F)(F)C(F)(F)C(F)(F)F. The van der Waals surface area contributed by atoms with Crippen molar-refractivity contribution < 1.29 is 84.2 Å². The van der Waals surface area contributed by atoms with Gasteiger partial charge in [-0.2, -0.15) is 65.9 Å². The molecule has 0 rings (SSSR count). The van der Waals surface area contributed by atoms with Gasteiger partial charge in [-0.05, 0) is 0 Å². The van der Waals surface area contributed by atoms with Crippen LogP contribution in [-0.2, 0) is 9.53 Å². The minimum absolute atomic E-state index is 0.309. The van der Waals surface area contributed by atoms with E-state index in [0.717, 1.165) is 0 Å². The van der Waals surface area contributed by atoms with Gasteiger partial charge < -0.3 is 4.74 Å². The van der Waals surface area contributed by atoms with Crippen molar-refractivity contribution in [3.63, 3.8) is 0 Å². The lowest BCUT2D eigenvalue weighted by Crippen LogP contribution is -2.62. The Hall–Kier alpha value is -1.98. The molecular formula is C15H11F17O2. The summed E-state index contributed by atoms with van der Waals surface area (Å²) in [5.74, 6) is -50.0. The topological polar surface area (TPSA) is 26.3 Å². The highest BCUT2D eigenvalue weighted by Crippen LogP contribution is 2.57. The third kappa shape index (κ3) is 6.17. The second kappa shape index (κ2) is 9.23. The lowest BCUT2D eigenvalue weighted by Gasteiger charge is -2.37. The summed E-state index contributed by atoms with van der Waals surface area (Å²) < 4.78 is 226. The average Bonchev–Trinajstić information content (AvgIpc) is 2.57. The van der Waals surface area contributed by atoms with E-state index in [9.17, 15) is 79.4 Å². The predicted octanol–water partition coefficient (Wildman–Crippen LogP) is 6.90. The summed E-state index contributed by atoms with van der Waals surface area (Å²) in [6.07, 6.45) is -18.0. The van der Waals surface area contributed by atoms with Crippen LogP contribution in [0.5, 0.6) is 0 Å². The van der Waals surface area contributed by atoms with Crippen LogP contribution in [0.4, 0.5) is 74.6 Å². The maximum absolute atomic E-state index is 13.5. The number of ether oxygens (including phenoxy) is 1. The Kier molecular flexibility index (Phi) is 8.70. The minimum atomic E-state index is -7.70. The van der Waals surface area contributed by atoms with Crippen molar-refractivity contribution in [3.8, 4) is 0 Å². The van der Waals surface area contributed by atoms with Gasteiger partial charge in [0.2, 0.25) is 0 Å². The number of esters is 1. The van der Waals surface area contributed by atoms with Crippen LogP contribution in [0, 0.1) is 0 Å². The summed E-state index contributed by atoms with van der Waals surface area (Å²) in [6.45, 7) is 1.02. The summed E-state index contributed by atoms with van der Waals surface area (Å²) in [5, 5.41) is 0. The number of hydrogen-bond donors (Lipinski definition) is 0. The van der Waals surface area contributed by atoms with Gasteiger partial charge in [0.15, 0.2) is 0 Å². The number of alkyl halides is 17. The van der Waals surface area contributed by atoms with Crippen LogP contribution < -0.4 is 0 Å². The van der Waals surface area contributed by atoms with Gasteiger partial charge in [0, 0.05) is 6.08 Å². The molecule has 202 valence electrons. The Balaban J connectivity index is 5.84. The summed E-state index contributed by atoms with van der Waals surface area (Å²) in [6, 6.07) is 0. The number of halogens is 17. The van der Waals surface area contributed by atoms with Crippen molar-refractivity contribution in [2.75, 3.05) is 6.61 Å². The molecule has 0 aliphatic heterocycles. The molecule has 0 spiro atoms. The number of carbonyl (C=O) groups is 1. The summed E-state index contributed by atoms with van der Waals surface area (Å²) >= 11 is 0. The van der Waals surface area contributed by atoms with Crippen LogP contribution in [0.15, 0.2) is 12.7 Å². The quantitative estimate of drug-likeness (QED) is 0.151. The molecule has 19 heteroatoms. The second-order valence-corrected chi connectivity index (χ2v) is 6.67. The Morgan fingerprint density at radius 3 is 1.35 bits per heavy atom. The lowest BCUT2D eigenvalue weighted by atomic mass is 9.91. The van der Waals surface area contributed by atoms with Gasteiger partial charge >= 0.3 is 47.7 Å². The molecule has 0 aromatic rings. The smallest absolute Gasteiger partial charge is 0.460 e. The van der Waals surface area contributed by atoms with Crippen LogP contribution in [0.3, 0.4) is 0 Å². The first-order valence-corrected chi connectivity index (χ1v) is 8.12. The largest absolute Gasteiger partial charge is 0.462 e. The van der Waals surface area contributed by atoms with Crippen LogP contribution in [-0.4, -0.2) is 60.2 Å². The van der Waals surface area contributed by atoms with Crippen LogP contribution in [0.25, 0.3) is 0 Å². The minimum Gasteiger partial charge on any atom is -0.462 e. The van der Waals surface area contributed by atoms with Gasteiger partial charge in [-0.3, -0.25) is 0 Å². The highest BCUT2D eigenvalue weighted by molar-refractivity contribution is 5.81. The molecule has 0 aromatic carbocycles. The maximum Gasteiger partial charge on any atom is 0.460 e. The molecule has 0 amide bonds. The Morgan fingerprint density at radius 1 is 0.618 bits per heavy atom. The number of hydrogen-bond acceptors (Lipinski definition) is 2. The van der Waals surface area contributed by atoms with E-state index in [4.69, 9.17) is 0 Å². The van der Waals surface area contributed by atoms with Gasteiger partial charge in [0.1, 0.15) is 0 Å². The van der Waals surface area contributed by atoms with Crippen molar-refractivity contribution in [1.82, 2.24) is 0 Å². The first-order valence-electron chi connectivity index (χ1n) is 8.12. The average molecular weight is 546 g/mol. The number of carbonyl (C=O) groups excluding carboxylic acids is 1. The highest BCUT2D eigenvalue weighted by Gasteiger charge is 2.83. The molecule has 0 aliphatic rings. The van der Waals surface area contributed by atoms with E-state index in [-0.39, 0.29) is 0 Å². The molecule has 0 N–H and O–H groups in total. The summed E-state index contributed by atoms with van der Waals surface area (Å²) in [7, 11) is 0.